The van der Waals surface area contributed by atoms with Gasteiger partial charge in [-0.1, -0.05) is 23.7 Å². The van der Waals surface area contributed by atoms with Gasteiger partial charge in [0.15, 0.2) is 0 Å². The fraction of sp³-hybridized carbons (Fsp3) is 0.188. The summed E-state index contributed by atoms with van der Waals surface area (Å²) in [5.41, 5.74) is 1.33. The maximum absolute atomic E-state index is 10.9. The number of benzene rings is 2. The third kappa shape index (κ3) is 5.33. The zero-order chi connectivity index (χ0) is 15.1. The first-order valence-electron chi connectivity index (χ1n) is 6.43. The van der Waals surface area contributed by atoms with Crippen LogP contribution in [0.3, 0.4) is 0 Å². The first-order valence-corrected chi connectivity index (χ1v) is 7.97. The average molecular weight is 323 g/mol. The van der Waals surface area contributed by atoms with Crippen LogP contribution in [-0.4, -0.2) is 23.4 Å². The summed E-state index contributed by atoms with van der Waals surface area (Å²) in [6.07, 6.45) is 0. The highest BCUT2D eigenvalue weighted by atomic mass is 35.5. The lowest BCUT2D eigenvalue weighted by Crippen LogP contribution is -2.01. The monoisotopic (exact) mass is 322 g/mol. The van der Waals surface area contributed by atoms with E-state index < -0.39 is 5.97 Å². The highest BCUT2D eigenvalue weighted by molar-refractivity contribution is 7.98. The van der Waals surface area contributed by atoms with Gasteiger partial charge in [-0.15, -0.1) is 0 Å². The molecular weight excluding hydrogens is 308 g/mol. The van der Waals surface area contributed by atoms with Gasteiger partial charge < -0.3 is 9.84 Å². The molecule has 2 aromatic carbocycles. The van der Waals surface area contributed by atoms with Crippen molar-refractivity contribution in [2.45, 2.75) is 5.75 Å². The molecule has 0 heterocycles. The van der Waals surface area contributed by atoms with E-state index in [1.807, 2.05) is 18.2 Å². The minimum Gasteiger partial charge on any atom is -0.493 e. The second-order valence-corrected chi connectivity index (χ2v) is 5.90. The molecule has 2 aromatic rings. The van der Waals surface area contributed by atoms with Crippen molar-refractivity contribution in [1.82, 2.24) is 0 Å². The van der Waals surface area contributed by atoms with Crippen LogP contribution in [0.5, 0.6) is 5.75 Å². The molecule has 0 aliphatic carbocycles. The van der Waals surface area contributed by atoms with Crippen LogP contribution in [0.15, 0.2) is 48.5 Å². The van der Waals surface area contributed by atoms with E-state index >= 15 is 0 Å². The largest absolute Gasteiger partial charge is 0.493 e. The number of thioether (sulfide) groups is 1. The summed E-state index contributed by atoms with van der Waals surface area (Å²) in [5, 5.41) is 9.62. The number of ether oxygens (including phenoxy) is 1. The third-order valence-electron chi connectivity index (χ3n) is 2.75. The van der Waals surface area contributed by atoms with E-state index in [4.69, 9.17) is 21.4 Å². The summed E-state index contributed by atoms with van der Waals surface area (Å²) in [5.74, 6) is 1.51. The van der Waals surface area contributed by atoms with Crippen LogP contribution in [0.1, 0.15) is 15.9 Å². The lowest BCUT2D eigenvalue weighted by Gasteiger charge is -2.06. The van der Waals surface area contributed by atoms with E-state index in [9.17, 15) is 4.79 Å². The zero-order valence-electron chi connectivity index (χ0n) is 11.3. The number of carbonyl (C=O) groups is 1. The van der Waals surface area contributed by atoms with Gasteiger partial charge >= 0.3 is 5.97 Å². The molecule has 5 heteroatoms. The van der Waals surface area contributed by atoms with Gasteiger partial charge in [0, 0.05) is 16.5 Å². The minimum absolute atomic E-state index is 0.325. The lowest BCUT2D eigenvalue weighted by molar-refractivity contribution is 0.0697. The molecule has 0 saturated carbocycles. The Morgan fingerprint density at radius 2 is 1.95 bits per heavy atom. The molecule has 0 aliphatic heterocycles. The highest BCUT2D eigenvalue weighted by Crippen LogP contribution is 2.17. The molecule has 0 radical (unpaired) electrons. The lowest BCUT2D eigenvalue weighted by atomic mass is 10.1. The molecule has 110 valence electrons. The van der Waals surface area contributed by atoms with E-state index in [0.717, 1.165) is 22.8 Å². The van der Waals surface area contributed by atoms with Gasteiger partial charge in [0.05, 0.1) is 12.2 Å². The zero-order valence-corrected chi connectivity index (χ0v) is 12.9. The van der Waals surface area contributed by atoms with Crippen LogP contribution in [0.2, 0.25) is 5.02 Å². The van der Waals surface area contributed by atoms with Crippen LogP contribution >= 0.6 is 23.4 Å². The molecule has 1 N–H and O–H groups in total. The number of hydrogen-bond donors (Lipinski definition) is 1. The Labute approximate surface area is 132 Å². The predicted molar refractivity (Wildman–Crippen MR) is 86.5 cm³/mol. The van der Waals surface area contributed by atoms with Gasteiger partial charge in [-0.3, -0.25) is 0 Å². The predicted octanol–water partition coefficient (Wildman–Crippen LogP) is 4.35. The molecule has 0 bridgehead atoms. The number of halogens is 1. The number of rotatable bonds is 7. The quantitative estimate of drug-likeness (QED) is 0.770. The summed E-state index contributed by atoms with van der Waals surface area (Å²) >= 11 is 7.50. The Morgan fingerprint density at radius 3 is 2.67 bits per heavy atom. The molecule has 0 saturated heterocycles. The number of carboxylic acid groups (broad SMARTS) is 1. The fourth-order valence-electron chi connectivity index (χ4n) is 1.73. The molecule has 0 amide bonds. The van der Waals surface area contributed by atoms with Gasteiger partial charge in [-0.2, -0.15) is 11.8 Å². The molecule has 0 unspecified atom stereocenters. The summed E-state index contributed by atoms with van der Waals surface area (Å²) in [4.78, 5) is 10.9. The fourth-order valence-corrected chi connectivity index (χ4v) is 2.62. The molecule has 0 aromatic heterocycles. The van der Waals surface area contributed by atoms with Crippen molar-refractivity contribution in [3.8, 4) is 5.75 Å². The maximum atomic E-state index is 10.9. The molecule has 0 spiro atoms. The van der Waals surface area contributed by atoms with Crippen LogP contribution < -0.4 is 4.74 Å². The van der Waals surface area contributed by atoms with Gasteiger partial charge in [-0.05, 0) is 42.0 Å². The van der Waals surface area contributed by atoms with Crippen molar-refractivity contribution in [2.75, 3.05) is 12.4 Å². The van der Waals surface area contributed by atoms with Gasteiger partial charge in [0.25, 0.3) is 0 Å². The summed E-state index contributed by atoms with van der Waals surface area (Å²) < 4.78 is 5.59. The van der Waals surface area contributed by atoms with Crippen molar-refractivity contribution < 1.29 is 14.6 Å². The molecule has 3 nitrogen and oxygen atoms in total. The van der Waals surface area contributed by atoms with Crippen LogP contribution in [-0.2, 0) is 5.75 Å². The molecule has 2 rings (SSSR count). The summed E-state index contributed by atoms with van der Waals surface area (Å²) in [6, 6.07) is 14.3. The average Bonchev–Trinajstić information content (AvgIpc) is 2.49. The van der Waals surface area contributed by atoms with Gasteiger partial charge in [-0.25, -0.2) is 4.79 Å². The Balaban J connectivity index is 1.71. The van der Waals surface area contributed by atoms with Gasteiger partial charge in [0.1, 0.15) is 5.75 Å². The van der Waals surface area contributed by atoms with E-state index in [-0.39, 0.29) is 0 Å². The van der Waals surface area contributed by atoms with E-state index in [2.05, 4.69) is 0 Å². The van der Waals surface area contributed by atoms with Gasteiger partial charge in [0.2, 0.25) is 0 Å². The van der Waals surface area contributed by atoms with Crippen LogP contribution in [0.4, 0.5) is 0 Å². The third-order valence-corrected chi connectivity index (χ3v) is 4.00. The molecule has 0 aliphatic rings. The normalized spacial score (nSPS) is 10.3. The minimum atomic E-state index is -0.895. The Hall–Kier alpha value is -1.65. The summed E-state index contributed by atoms with van der Waals surface area (Å²) in [7, 11) is 0. The second kappa shape index (κ2) is 7.96. The number of hydrogen-bond acceptors (Lipinski definition) is 3. The topological polar surface area (TPSA) is 46.5 Å². The Morgan fingerprint density at radius 1 is 1.19 bits per heavy atom. The van der Waals surface area contributed by atoms with Crippen molar-refractivity contribution in [3.63, 3.8) is 0 Å². The molecule has 21 heavy (non-hydrogen) atoms. The highest BCUT2D eigenvalue weighted by Gasteiger charge is 2.03. The van der Waals surface area contributed by atoms with Crippen molar-refractivity contribution in [3.05, 3.63) is 64.7 Å². The Kier molecular flexibility index (Phi) is 5.96. The first kappa shape index (κ1) is 15.7. The van der Waals surface area contributed by atoms with E-state index in [0.29, 0.717) is 17.2 Å². The van der Waals surface area contributed by atoms with Crippen molar-refractivity contribution >= 4 is 29.3 Å². The van der Waals surface area contributed by atoms with Crippen LogP contribution in [0, 0.1) is 0 Å². The van der Waals surface area contributed by atoms with Crippen molar-refractivity contribution in [1.29, 1.82) is 0 Å². The summed E-state index contributed by atoms with van der Waals surface area (Å²) in [6.45, 7) is 0.602. The standard InChI is InChI=1S/C16H15ClO3S/c17-14-4-6-15(7-5-14)20-8-9-21-11-12-2-1-3-13(10-12)16(18)19/h1-7,10H,8-9,11H2,(H,18,19). The first-order chi connectivity index (χ1) is 10.1. The van der Waals surface area contributed by atoms with Crippen molar-refractivity contribution in [2.24, 2.45) is 0 Å². The second-order valence-electron chi connectivity index (χ2n) is 4.36. The number of carboxylic acids is 1. The number of aromatic carboxylic acids is 1. The molecule has 0 fully saturated rings. The SMILES string of the molecule is O=C(O)c1cccc(CSCCOc2ccc(Cl)cc2)c1. The maximum Gasteiger partial charge on any atom is 0.335 e. The Bertz CT molecular complexity index is 599. The van der Waals surface area contributed by atoms with Crippen LogP contribution in [0.25, 0.3) is 0 Å². The van der Waals surface area contributed by atoms with E-state index in [1.54, 1.807) is 42.1 Å². The van der Waals surface area contributed by atoms with E-state index in [1.165, 1.54) is 0 Å². The molecular formula is C16H15ClO3S. The molecule has 0 atom stereocenters. The smallest absolute Gasteiger partial charge is 0.335 e.